The molecular formula is C8H13NO5S. The first-order chi connectivity index (χ1) is 6.83. The van der Waals surface area contributed by atoms with Gasteiger partial charge in [-0.1, -0.05) is 0 Å². The lowest BCUT2D eigenvalue weighted by atomic mass is 10.1. The summed E-state index contributed by atoms with van der Waals surface area (Å²) in [7, 11) is -3.54. The van der Waals surface area contributed by atoms with Crippen LogP contribution in [0.1, 0.15) is 19.8 Å². The summed E-state index contributed by atoms with van der Waals surface area (Å²) in [6.07, 6.45) is 0.239. The van der Waals surface area contributed by atoms with Crippen LogP contribution in [0.5, 0.6) is 0 Å². The fraction of sp³-hybridized carbons (Fsp3) is 0.750. The highest BCUT2D eigenvalue weighted by Crippen LogP contribution is 2.20. The molecule has 2 N–H and O–H groups in total. The van der Waals surface area contributed by atoms with Gasteiger partial charge in [0.25, 0.3) is 0 Å². The van der Waals surface area contributed by atoms with Gasteiger partial charge in [-0.15, -0.1) is 0 Å². The Morgan fingerprint density at radius 3 is 2.47 bits per heavy atom. The van der Waals surface area contributed by atoms with Crippen molar-refractivity contribution in [3.05, 3.63) is 0 Å². The lowest BCUT2D eigenvalue weighted by Crippen LogP contribution is -2.47. The number of sulfone groups is 1. The van der Waals surface area contributed by atoms with Crippen LogP contribution < -0.4 is 5.32 Å². The first kappa shape index (κ1) is 12.0. The Bertz CT molecular complexity index is 374. The Kier molecular flexibility index (Phi) is 3.33. The lowest BCUT2D eigenvalue weighted by molar-refractivity contribution is -0.137. The van der Waals surface area contributed by atoms with Gasteiger partial charge in [0.1, 0.15) is 0 Å². The standard InChI is InChI=1S/C8H13NO5S/c1-5(10)9-6-2-3-15(13,14)7(4-6)8(11)12/h6-7H,2-4H2,1H3,(H,9,10)(H,11,12). The Morgan fingerprint density at radius 1 is 1.40 bits per heavy atom. The number of aliphatic carboxylic acids is 1. The minimum atomic E-state index is -3.54. The summed E-state index contributed by atoms with van der Waals surface area (Å²) >= 11 is 0. The fourth-order valence-corrected chi connectivity index (χ4v) is 3.37. The summed E-state index contributed by atoms with van der Waals surface area (Å²) in [5, 5.41) is 9.89. The van der Waals surface area contributed by atoms with Crippen molar-refractivity contribution in [3.8, 4) is 0 Å². The van der Waals surface area contributed by atoms with Gasteiger partial charge in [-0.25, -0.2) is 8.42 Å². The minimum Gasteiger partial charge on any atom is -0.480 e. The average Bonchev–Trinajstić information content (AvgIpc) is 2.06. The quantitative estimate of drug-likeness (QED) is 0.649. The molecule has 0 saturated carbocycles. The lowest BCUT2D eigenvalue weighted by Gasteiger charge is -2.26. The second kappa shape index (κ2) is 4.18. The molecule has 1 aliphatic heterocycles. The van der Waals surface area contributed by atoms with Crippen molar-refractivity contribution in [2.45, 2.75) is 31.1 Å². The maximum Gasteiger partial charge on any atom is 0.321 e. The highest BCUT2D eigenvalue weighted by molar-refractivity contribution is 7.92. The van der Waals surface area contributed by atoms with Crippen LogP contribution in [0.2, 0.25) is 0 Å². The van der Waals surface area contributed by atoms with Crippen molar-refractivity contribution in [2.24, 2.45) is 0 Å². The van der Waals surface area contributed by atoms with E-state index in [0.29, 0.717) is 0 Å². The Hall–Kier alpha value is -1.11. The molecule has 86 valence electrons. The average molecular weight is 235 g/mol. The number of hydrogen-bond donors (Lipinski definition) is 2. The molecule has 2 atom stereocenters. The maximum atomic E-state index is 11.4. The van der Waals surface area contributed by atoms with E-state index >= 15 is 0 Å². The van der Waals surface area contributed by atoms with Crippen molar-refractivity contribution in [1.29, 1.82) is 0 Å². The summed E-state index contributed by atoms with van der Waals surface area (Å²) in [6, 6.07) is -0.355. The van der Waals surface area contributed by atoms with E-state index in [0.717, 1.165) is 0 Å². The van der Waals surface area contributed by atoms with Crippen LogP contribution in [0, 0.1) is 0 Å². The van der Waals surface area contributed by atoms with E-state index in [1.165, 1.54) is 6.92 Å². The van der Waals surface area contributed by atoms with Crippen molar-refractivity contribution in [3.63, 3.8) is 0 Å². The number of carbonyl (C=O) groups excluding carboxylic acids is 1. The topological polar surface area (TPSA) is 101 Å². The molecule has 0 radical (unpaired) electrons. The van der Waals surface area contributed by atoms with E-state index in [2.05, 4.69) is 5.32 Å². The van der Waals surface area contributed by atoms with Gasteiger partial charge in [0.15, 0.2) is 15.1 Å². The smallest absolute Gasteiger partial charge is 0.321 e. The number of hydrogen-bond acceptors (Lipinski definition) is 4. The molecular weight excluding hydrogens is 222 g/mol. The number of carbonyl (C=O) groups is 2. The normalized spacial score (nSPS) is 29.4. The number of carboxylic acid groups (broad SMARTS) is 1. The third kappa shape index (κ3) is 2.92. The third-order valence-electron chi connectivity index (χ3n) is 2.37. The van der Waals surface area contributed by atoms with E-state index in [4.69, 9.17) is 5.11 Å². The molecule has 0 aromatic carbocycles. The predicted molar refractivity (Wildman–Crippen MR) is 52.0 cm³/mol. The highest BCUT2D eigenvalue weighted by Gasteiger charge is 2.39. The first-order valence-corrected chi connectivity index (χ1v) is 6.26. The Labute approximate surface area is 87.6 Å². The molecule has 0 bridgehead atoms. The molecule has 1 fully saturated rings. The molecule has 0 aromatic heterocycles. The molecule has 1 saturated heterocycles. The van der Waals surface area contributed by atoms with Crippen molar-refractivity contribution >= 4 is 21.7 Å². The van der Waals surface area contributed by atoms with Gasteiger partial charge in [0.05, 0.1) is 5.75 Å². The molecule has 6 nitrogen and oxygen atoms in total. The molecule has 0 aliphatic carbocycles. The third-order valence-corrected chi connectivity index (χ3v) is 4.43. The second-order valence-electron chi connectivity index (χ2n) is 3.62. The van der Waals surface area contributed by atoms with Crippen LogP contribution in [0.25, 0.3) is 0 Å². The summed E-state index contributed by atoms with van der Waals surface area (Å²) < 4.78 is 22.7. The summed E-state index contributed by atoms with van der Waals surface area (Å²) in [5.41, 5.74) is 0. The molecule has 2 unspecified atom stereocenters. The maximum absolute atomic E-state index is 11.4. The van der Waals surface area contributed by atoms with E-state index in [1.54, 1.807) is 0 Å². The zero-order valence-electron chi connectivity index (χ0n) is 8.26. The van der Waals surface area contributed by atoms with Gasteiger partial charge in [-0.3, -0.25) is 9.59 Å². The van der Waals surface area contributed by atoms with Gasteiger partial charge < -0.3 is 10.4 Å². The highest BCUT2D eigenvalue weighted by atomic mass is 32.2. The van der Waals surface area contributed by atoms with Gasteiger partial charge in [-0.05, 0) is 12.8 Å². The number of carboxylic acids is 1. The number of amides is 1. The first-order valence-electron chi connectivity index (χ1n) is 4.54. The van der Waals surface area contributed by atoms with Crippen LogP contribution in [0.4, 0.5) is 0 Å². The molecule has 0 spiro atoms. The molecule has 15 heavy (non-hydrogen) atoms. The Morgan fingerprint density at radius 2 is 2.00 bits per heavy atom. The number of rotatable bonds is 2. The zero-order valence-corrected chi connectivity index (χ0v) is 9.08. The molecule has 1 aliphatic rings. The summed E-state index contributed by atoms with van der Waals surface area (Å²) in [4.78, 5) is 21.5. The zero-order chi connectivity index (χ0) is 11.6. The fourth-order valence-electron chi connectivity index (χ4n) is 1.64. The Balaban J connectivity index is 2.75. The van der Waals surface area contributed by atoms with Crippen LogP contribution in [-0.2, 0) is 19.4 Å². The monoisotopic (exact) mass is 235 g/mol. The van der Waals surface area contributed by atoms with Crippen LogP contribution in [0.15, 0.2) is 0 Å². The van der Waals surface area contributed by atoms with Crippen LogP contribution in [-0.4, -0.2) is 42.4 Å². The van der Waals surface area contributed by atoms with Crippen LogP contribution in [0.3, 0.4) is 0 Å². The SMILES string of the molecule is CC(=O)NC1CCS(=O)(=O)C(C(=O)O)C1. The van der Waals surface area contributed by atoms with Gasteiger partial charge in [0.2, 0.25) is 5.91 Å². The molecule has 0 aromatic rings. The van der Waals surface area contributed by atoms with Gasteiger partial charge in [0, 0.05) is 13.0 Å². The second-order valence-corrected chi connectivity index (χ2v) is 5.92. The van der Waals surface area contributed by atoms with Crippen molar-refractivity contribution in [2.75, 3.05) is 5.75 Å². The van der Waals surface area contributed by atoms with Crippen LogP contribution >= 0.6 is 0 Å². The van der Waals surface area contributed by atoms with Crippen molar-refractivity contribution in [1.82, 2.24) is 5.32 Å². The molecule has 1 heterocycles. The minimum absolute atomic E-state index is 0.0444. The molecule has 1 amide bonds. The van der Waals surface area contributed by atoms with Gasteiger partial charge in [-0.2, -0.15) is 0 Å². The summed E-state index contributed by atoms with van der Waals surface area (Å²) in [5.74, 6) is -1.80. The largest absolute Gasteiger partial charge is 0.480 e. The summed E-state index contributed by atoms with van der Waals surface area (Å²) in [6.45, 7) is 1.32. The van der Waals surface area contributed by atoms with E-state index in [-0.39, 0.29) is 30.5 Å². The predicted octanol–water partition coefficient (Wildman–Crippen LogP) is -0.847. The van der Waals surface area contributed by atoms with Gasteiger partial charge >= 0.3 is 5.97 Å². The van der Waals surface area contributed by atoms with Crippen molar-refractivity contribution < 1.29 is 23.1 Å². The number of nitrogens with one attached hydrogen (secondary N) is 1. The van der Waals surface area contributed by atoms with E-state index in [1.807, 2.05) is 0 Å². The molecule has 7 heteroatoms. The van der Waals surface area contributed by atoms with E-state index in [9.17, 15) is 18.0 Å². The van der Waals surface area contributed by atoms with E-state index < -0.39 is 21.1 Å². The molecule has 1 rings (SSSR count).